The molecule has 0 aromatic heterocycles. The molecule has 1 aromatic carbocycles. The van der Waals surface area contributed by atoms with Gasteiger partial charge >= 0.3 is 0 Å². The Morgan fingerprint density at radius 2 is 1.78 bits per heavy atom. The number of hydrogen-bond acceptors (Lipinski definition) is 4. The Bertz CT molecular complexity index is 566. The Kier molecular flexibility index (Phi) is 5.19. The van der Waals surface area contributed by atoms with Gasteiger partial charge in [0.15, 0.2) is 11.5 Å². The minimum Gasteiger partial charge on any atom is -0.493 e. The van der Waals surface area contributed by atoms with Gasteiger partial charge in [-0.2, -0.15) is 0 Å². The first-order chi connectivity index (χ1) is 10.8. The van der Waals surface area contributed by atoms with Crippen LogP contribution >= 0.6 is 0 Å². The SMILES string of the molecule is COc1ccc(C2CN(C(=O)C(C)(C)C)CCN2C)cc1OC. The molecule has 5 heteroatoms. The second-order valence-corrected chi connectivity index (χ2v) is 7.11. The quantitative estimate of drug-likeness (QED) is 0.858. The lowest BCUT2D eigenvalue weighted by Gasteiger charge is -2.42. The zero-order valence-electron chi connectivity index (χ0n) is 15.0. The summed E-state index contributed by atoms with van der Waals surface area (Å²) in [6, 6.07) is 6.14. The smallest absolute Gasteiger partial charge is 0.228 e. The lowest BCUT2D eigenvalue weighted by atomic mass is 9.93. The predicted octanol–water partition coefficient (Wildman–Crippen LogP) is 2.57. The summed E-state index contributed by atoms with van der Waals surface area (Å²) >= 11 is 0. The van der Waals surface area contributed by atoms with Crippen molar-refractivity contribution in [2.75, 3.05) is 40.9 Å². The number of methoxy groups -OCH3 is 2. The number of hydrogen-bond donors (Lipinski definition) is 0. The van der Waals surface area contributed by atoms with Gasteiger partial charge in [-0.1, -0.05) is 26.8 Å². The standard InChI is InChI=1S/C18H28N2O3/c1-18(2,3)17(21)20-10-9-19(4)14(12-20)13-7-8-15(22-5)16(11-13)23-6/h7-8,11,14H,9-10,12H2,1-6H3. The van der Waals surface area contributed by atoms with Gasteiger partial charge in [-0.05, 0) is 24.7 Å². The molecule has 1 amide bonds. The molecule has 0 radical (unpaired) electrons. The van der Waals surface area contributed by atoms with Gasteiger partial charge in [-0.3, -0.25) is 9.69 Å². The average Bonchev–Trinajstić information content (AvgIpc) is 2.53. The van der Waals surface area contributed by atoms with E-state index in [1.165, 1.54) is 0 Å². The van der Waals surface area contributed by atoms with Crippen LogP contribution in [0.3, 0.4) is 0 Å². The largest absolute Gasteiger partial charge is 0.493 e. The van der Waals surface area contributed by atoms with Crippen LogP contribution in [0.5, 0.6) is 11.5 Å². The molecule has 1 saturated heterocycles. The Morgan fingerprint density at radius 3 is 2.35 bits per heavy atom. The molecule has 1 aliphatic heterocycles. The molecule has 1 atom stereocenters. The van der Waals surface area contributed by atoms with E-state index in [-0.39, 0.29) is 17.4 Å². The van der Waals surface area contributed by atoms with Crippen LogP contribution in [0.2, 0.25) is 0 Å². The van der Waals surface area contributed by atoms with E-state index in [9.17, 15) is 4.79 Å². The van der Waals surface area contributed by atoms with Gasteiger partial charge in [0.25, 0.3) is 0 Å². The highest BCUT2D eigenvalue weighted by Crippen LogP contribution is 2.33. The van der Waals surface area contributed by atoms with Crippen molar-refractivity contribution in [3.05, 3.63) is 23.8 Å². The zero-order chi connectivity index (χ0) is 17.2. The number of rotatable bonds is 3. The first-order valence-corrected chi connectivity index (χ1v) is 7.99. The molecule has 0 aliphatic carbocycles. The monoisotopic (exact) mass is 320 g/mol. The molecule has 1 heterocycles. The van der Waals surface area contributed by atoms with E-state index in [2.05, 4.69) is 11.9 Å². The van der Waals surface area contributed by atoms with Gasteiger partial charge in [0, 0.05) is 25.0 Å². The summed E-state index contributed by atoms with van der Waals surface area (Å²) in [5, 5.41) is 0. The summed E-state index contributed by atoms with van der Waals surface area (Å²) < 4.78 is 10.7. The maximum atomic E-state index is 12.6. The first kappa shape index (κ1) is 17.6. The topological polar surface area (TPSA) is 42.0 Å². The van der Waals surface area contributed by atoms with Crippen molar-refractivity contribution in [3.63, 3.8) is 0 Å². The molecular formula is C18H28N2O3. The molecule has 5 nitrogen and oxygen atoms in total. The number of nitrogens with zero attached hydrogens (tertiary/aromatic N) is 2. The van der Waals surface area contributed by atoms with Crippen molar-refractivity contribution in [1.29, 1.82) is 0 Å². The lowest BCUT2D eigenvalue weighted by molar-refractivity contribution is -0.142. The third kappa shape index (κ3) is 3.78. The normalized spacial score (nSPS) is 19.6. The number of carbonyl (C=O) groups is 1. The van der Waals surface area contributed by atoms with Gasteiger partial charge in [-0.15, -0.1) is 0 Å². The molecule has 2 rings (SSSR count). The van der Waals surface area contributed by atoms with Crippen LogP contribution in [0.25, 0.3) is 0 Å². The van der Waals surface area contributed by atoms with Crippen LogP contribution < -0.4 is 9.47 Å². The van der Waals surface area contributed by atoms with Crippen LogP contribution in [0.4, 0.5) is 0 Å². The Hall–Kier alpha value is -1.75. The van der Waals surface area contributed by atoms with Crippen molar-refractivity contribution < 1.29 is 14.3 Å². The minimum absolute atomic E-state index is 0.162. The maximum Gasteiger partial charge on any atom is 0.228 e. The highest BCUT2D eigenvalue weighted by atomic mass is 16.5. The molecule has 128 valence electrons. The summed E-state index contributed by atoms with van der Waals surface area (Å²) in [6.07, 6.45) is 0. The third-order valence-electron chi connectivity index (χ3n) is 4.37. The highest BCUT2D eigenvalue weighted by Gasteiger charge is 2.33. The van der Waals surface area contributed by atoms with Crippen molar-refractivity contribution >= 4 is 5.91 Å². The fourth-order valence-electron chi connectivity index (χ4n) is 2.95. The van der Waals surface area contributed by atoms with E-state index in [0.717, 1.165) is 30.2 Å². The number of piperazine rings is 1. The fraction of sp³-hybridized carbons (Fsp3) is 0.611. The summed E-state index contributed by atoms with van der Waals surface area (Å²) in [5.41, 5.74) is 0.787. The zero-order valence-corrected chi connectivity index (χ0v) is 15.0. The summed E-state index contributed by atoms with van der Waals surface area (Å²) in [5.74, 6) is 1.64. The molecule has 23 heavy (non-hydrogen) atoms. The first-order valence-electron chi connectivity index (χ1n) is 7.99. The van der Waals surface area contributed by atoms with Crippen LogP contribution in [-0.4, -0.2) is 56.6 Å². The van der Waals surface area contributed by atoms with E-state index < -0.39 is 0 Å². The number of carbonyl (C=O) groups excluding carboxylic acids is 1. The predicted molar refractivity (Wildman–Crippen MR) is 91.0 cm³/mol. The summed E-state index contributed by atoms with van der Waals surface area (Å²) in [6.45, 7) is 8.25. The highest BCUT2D eigenvalue weighted by molar-refractivity contribution is 5.81. The van der Waals surface area contributed by atoms with Crippen LogP contribution in [0.15, 0.2) is 18.2 Å². The Balaban J connectivity index is 2.25. The molecule has 1 aliphatic rings. The van der Waals surface area contributed by atoms with Gasteiger partial charge in [0.1, 0.15) is 0 Å². The van der Waals surface area contributed by atoms with Crippen molar-refractivity contribution in [2.45, 2.75) is 26.8 Å². The second kappa shape index (κ2) is 6.79. The van der Waals surface area contributed by atoms with E-state index in [0.29, 0.717) is 6.54 Å². The number of benzene rings is 1. The van der Waals surface area contributed by atoms with Gasteiger partial charge in [0.2, 0.25) is 5.91 Å². The van der Waals surface area contributed by atoms with Crippen LogP contribution in [0, 0.1) is 5.41 Å². The molecular weight excluding hydrogens is 292 g/mol. The number of amides is 1. The average molecular weight is 320 g/mol. The molecule has 0 spiro atoms. The minimum atomic E-state index is -0.349. The number of likely N-dealkylation sites (N-methyl/N-ethyl adjacent to an activating group) is 1. The van der Waals surface area contributed by atoms with Gasteiger partial charge in [0.05, 0.1) is 20.3 Å². The Morgan fingerprint density at radius 1 is 1.13 bits per heavy atom. The molecule has 1 fully saturated rings. The van der Waals surface area contributed by atoms with Gasteiger partial charge < -0.3 is 14.4 Å². The third-order valence-corrected chi connectivity index (χ3v) is 4.37. The van der Waals surface area contributed by atoms with Crippen LogP contribution in [-0.2, 0) is 4.79 Å². The van der Waals surface area contributed by atoms with Gasteiger partial charge in [-0.25, -0.2) is 0 Å². The van der Waals surface area contributed by atoms with Crippen molar-refractivity contribution in [2.24, 2.45) is 5.41 Å². The summed E-state index contributed by atoms with van der Waals surface area (Å²) in [4.78, 5) is 16.8. The molecule has 0 bridgehead atoms. The molecule has 1 aromatic rings. The van der Waals surface area contributed by atoms with E-state index in [4.69, 9.17) is 9.47 Å². The second-order valence-electron chi connectivity index (χ2n) is 7.11. The molecule has 1 unspecified atom stereocenters. The van der Waals surface area contributed by atoms with E-state index in [1.54, 1.807) is 14.2 Å². The van der Waals surface area contributed by atoms with E-state index >= 15 is 0 Å². The van der Waals surface area contributed by atoms with Crippen molar-refractivity contribution in [3.8, 4) is 11.5 Å². The molecule has 0 N–H and O–H groups in total. The van der Waals surface area contributed by atoms with Crippen LogP contribution in [0.1, 0.15) is 32.4 Å². The number of ether oxygens (including phenoxy) is 2. The lowest BCUT2D eigenvalue weighted by Crippen LogP contribution is -2.51. The fourth-order valence-corrected chi connectivity index (χ4v) is 2.95. The summed E-state index contributed by atoms with van der Waals surface area (Å²) in [7, 11) is 5.37. The Labute approximate surface area is 139 Å². The van der Waals surface area contributed by atoms with Crippen molar-refractivity contribution in [1.82, 2.24) is 9.80 Å². The van der Waals surface area contributed by atoms with E-state index in [1.807, 2.05) is 43.9 Å². The maximum absolute atomic E-state index is 12.6. The molecule has 0 saturated carbocycles.